The van der Waals surface area contributed by atoms with E-state index in [4.69, 9.17) is 0 Å². The van der Waals surface area contributed by atoms with Crippen molar-refractivity contribution in [2.75, 3.05) is 6.54 Å². The lowest BCUT2D eigenvalue weighted by molar-refractivity contribution is -0.941. The van der Waals surface area contributed by atoms with Crippen LogP contribution in [0.2, 0.25) is 0 Å². The molecule has 1 N–H and O–H groups in total. The highest BCUT2D eigenvalue weighted by Gasteiger charge is 2.36. The van der Waals surface area contributed by atoms with Gasteiger partial charge in [0.2, 0.25) is 5.82 Å². The van der Waals surface area contributed by atoms with Crippen LogP contribution in [0.4, 0.5) is 0 Å². The number of quaternary nitrogens is 1. The number of hydrogen-bond donors (Lipinski definition) is 1. The van der Waals surface area contributed by atoms with E-state index in [1.165, 1.54) is 21.6 Å². The van der Waals surface area contributed by atoms with E-state index >= 15 is 0 Å². The van der Waals surface area contributed by atoms with E-state index in [1.54, 1.807) is 0 Å². The molecule has 0 aliphatic carbocycles. The summed E-state index contributed by atoms with van der Waals surface area (Å²) in [5.74, 6) is 0.961. The molecule has 1 aromatic heterocycles. The van der Waals surface area contributed by atoms with Crippen molar-refractivity contribution in [2.24, 2.45) is 0 Å². The van der Waals surface area contributed by atoms with Gasteiger partial charge < -0.3 is 4.90 Å². The Labute approximate surface area is 161 Å². The van der Waals surface area contributed by atoms with E-state index < -0.39 is 0 Å². The third-order valence-electron chi connectivity index (χ3n) is 5.98. The quantitative estimate of drug-likeness (QED) is 0.759. The summed E-state index contributed by atoms with van der Waals surface area (Å²) in [7, 11) is 0. The molecule has 2 heterocycles. The fourth-order valence-electron chi connectivity index (χ4n) is 4.02. The third kappa shape index (κ3) is 3.39. The van der Waals surface area contributed by atoms with Crippen molar-refractivity contribution in [3.63, 3.8) is 0 Å². The van der Waals surface area contributed by atoms with Crippen molar-refractivity contribution in [1.82, 2.24) is 20.2 Å². The molecule has 0 saturated heterocycles. The van der Waals surface area contributed by atoms with Crippen LogP contribution >= 0.6 is 0 Å². The van der Waals surface area contributed by atoms with Crippen LogP contribution in [0.5, 0.6) is 0 Å². The fourth-order valence-corrected chi connectivity index (χ4v) is 4.02. The number of fused-ring (bicyclic) bond motifs is 1. The van der Waals surface area contributed by atoms with Crippen LogP contribution in [0.15, 0.2) is 54.6 Å². The summed E-state index contributed by atoms with van der Waals surface area (Å²) >= 11 is 0. The van der Waals surface area contributed by atoms with Gasteiger partial charge in [-0.25, -0.2) is 4.68 Å². The maximum absolute atomic E-state index is 4.52. The molecule has 1 unspecified atom stereocenters. The highest BCUT2D eigenvalue weighted by molar-refractivity contribution is 5.28. The SMILES string of the molecule is CCC(C)(C)n1nnnc1[C@H](c1ccccc1)[NH+]1CCc2ccccc2C1. The van der Waals surface area contributed by atoms with Crippen LogP contribution in [-0.4, -0.2) is 26.8 Å². The molecule has 2 atom stereocenters. The molecule has 27 heavy (non-hydrogen) atoms. The molecular weight excluding hydrogens is 334 g/mol. The number of aromatic nitrogens is 4. The molecular formula is C22H28N5+. The van der Waals surface area contributed by atoms with Crippen molar-refractivity contribution in [1.29, 1.82) is 0 Å². The molecule has 0 fully saturated rings. The first-order valence-corrected chi connectivity index (χ1v) is 9.85. The van der Waals surface area contributed by atoms with Gasteiger partial charge in [-0.2, -0.15) is 0 Å². The molecule has 0 spiro atoms. The largest absolute Gasteiger partial charge is 0.318 e. The van der Waals surface area contributed by atoms with E-state index in [9.17, 15) is 0 Å². The number of benzene rings is 2. The van der Waals surface area contributed by atoms with E-state index in [-0.39, 0.29) is 11.6 Å². The molecule has 0 saturated carbocycles. The molecule has 3 aromatic rings. The van der Waals surface area contributed by atoms with Gasteiger partial charge in [-0.05, 0) is 36.3 Å². The van der Waals surface area contributed by atoms with E-state index in [0.717, 1.165) is 31.8 Å². The Kier molecular flexibility index (Phi) is 4.79. The summed E-state index contributed by atoms with van der Waals surface area (Å²) in [5, 5.41) is 13.0. The monoisotopic (exact) mass is 362 g/mol. The van der Waals surface area contributed by atoms with Crippen molar-refractivity contribution >= 4 is 0 Å². The number of hydrogen-bond acceptors (Lipinski definition) is 3. The Morgan fingerprint density at radius 2 is 1.74 bits per heavy atom. The van der Waals surface area contributed by atoms with E-state index in [1.807, 2.05) is 4.68 Å². The van der Waals surface area contributed by atoms with E-state index in [2.05, 4.69) is 90.9 Å². The zero-order chi connectivity index (χ0) is 18.9. The van der Waals surface area contributed by atoms with Crippen molar-refractivity contribution in [3.05, 3.63) is 77.1 Å². The first-order valence-electron chi connectivity index (χ1n) is 9.85. The van der Waals surface area contributed by atoms with E-state index in [0.29, 0.717) is 0 Å². The molecule has 1 aliphatic rings. The van der Waals surface area contributed by atoms with Gasteiger partial charge in [0.15, 0.2) is 6.04 Å². The lowest BCUT2D eigenvalue weighted by Gasteiger charge is -2.34. The van der Waals surface area contributed by atoms with Crippen LogP contribution in [0.1, 0.15) is 55.7 Å². The molecule has 0 radical (unpaired) electrons. The molecule has 0 bridgehead atoms. The lowest BCUT2D eigenvalue weighted by Crippen LogP contribution is -3.12. The standard InChI is InChI=1S/C22H27N5/c1-4-22(2,3)27-21(23-24-25-27)20(18-11-6-5-7-12-18)26-15-14-17-10-8-9-13-19(17)16-26/h5-13,20H,4,14-16H2,1-3H3/p+1/t20-/m0/s1. The molecule has 140 valence electrons. The topological polar surface area (TPSA) is 48.0 Å². The van der Waals surface area contributed by atoms with Gasteiger partial charge in [0.05, 0.1) is 12.1 Å². The fraction of sp³-hybridized carbons (Fsp3) is 0.409. The van der Waals surface area contributed by atoms with Crippen LogP contribution in [0.3, 0.4) is 0 Å². The van der Waals surface area contributed by atoms with Gasteiger partial charge in [0.1, 0.15) is 6.54 Å². The molecule has 2 aromatic carbocycles. The summed E-state index contributed by atoms with van der Waals surface area (Å²) in [6.45, 7) is 8.67. The Morgan fingerprint density at radius 3 is 2.48 bits per heavy atom. The van der Waals surface area contributed by atoms with Gasteiger partial charge in [-0.3, -0.25) is 0 Å². The van der Waals surface area contributed by atoms with Crippen molar-refractivity contribution in [2.45, 2.75) is 51.7 Å². The smallest absolute Gasteiger partial charge is 0.214 e. The second-order valence-corrected chi connectivity index (χ2v) is 8.06. The summed E-state index contributed by atoms with van der Waals surface area (Å²) in [6, 6.07) is 19.6. The Balaban J connectivity index is 1.78. The van der Waals surface area contributed by atoms with Crippen LogP contribution in [0.25, 0.3) is 0 Å². The minimum atomic E-state index is -0.112. The lowest BCUT2D eigenvalue weighted by atomic mass is 9.95. The minimum absolute atomic E-state index is 0.112. The third-order valence-corrected chi connectivity index (χ3v) is 5.98. The summed E-state index contributed by atoms with van der Waals surface area (Å²) < 4.78 is 2.04. The Hall–Kier alpha value is -2.53. The Bertz CT molecular complexity index is 900. The number of rotatable bonds is 5. The normalized spacial score (nSPS) is 18.1. The van der Waals surface area contributed by atoms with Crippen LogP contribution < -0.4 is 4.90 Å². The number of nitrogens with one attached hydrogen (secondary N) is 1. The van der Waals surface area contributed by atoms with Crippen LogP contribution in [-0.2, 0) is 18.5 Å². The highest BCUT2D eigenvalue weighted by Crippen LogP contribution is 2.25. The molecule has 5 heteroatoms. The maximum atomic E-state index is 4.52. The molecule has 0 amide bonds. The second-order valence-electron chi connectivity index (χ2n) is 8.06. The Morgan fingerprint density at radius 1 is 1.04 bits per heavy atom. The summed E-state index contributed by atoms with van der Waals surface area (Å²) in [5.41, 5.74) is 4.07. The second kappa shape index (κ2) is 7.24. The van der Waals surface area contributed by atoms with Gasteiger partial charge in [0.25, 0.3) is 0 Å². The maximum Gasteiger partial charge on any atom is 0.214 e. The molecule has 1 aliphatic heterocycles. The van der Waals surface area contributed by atoms with Gasteiger partial charge in [-0.15, -0.1) is 5.10 Å². The van der Waals surface area contributed by atoms with Crippen LogP contribution in [0, 0.1) is 0 Å². The molecule has 4 rings (SSSR count). The zero-order valence-electron chi connectivity index (χ0n) is 16.4. The average molecular weight is 363 g/mol. The van der Waals surface area contributed by atoms with Gasteiger partial charge in [-0.1, -0.05) is 61.5 Å². The average Bonchev–Trinajstić information content (AvgIpc) is 3.19. The predicted molar refractivity (Wildman–Crippen MR) is 105 cm³/mol. The van der Waals surface area contributed by atoms with Crippen molar-refractivity contribution in [3.8, 4) is 0 Å². The van der Waals surface area contributed by atoms with Crippen molar-refractivity contribution < 1.29 is 4.90 Å². The minimum Gasteiger partial charge on any atom is -0.318 e. The first kappa shape index (κ1) is 17.9. The number of tetrazole rings is 1. The molecule has 5 nitrogen and oxygen atoms in total. The highest BCUT2D eigenvalue weighted by atomic mass is 15.6. The summed E-state index contributed by atoms with van der Waals surface area (Å²) in [4.78, 5) is 1.50. The summed E-state index contributed by atoms with van der Waals surface area (Å²) in [6.07, 6.45) is 2.07. The van der Waals surface area contributed by atoms with Gasteiger partial charge >= 0.3 is 0 Å². The predicted octanol–water partition coefficient (Wildman–Crippen LogP) is 2.55. The van der Waals surface area contributed by atoms with Gasteiger partial charge in [0, 0.05) is 17.5 Å². The zero-order valence-corrected chi connectivity index (χ0v) is 16.4. The number of nitrogens with zero attached hydrogens (tertiary/aromatic N) is 4. The first-order chi connectivity index (χ1) is 13.1.